The predicted octanol–water partition coefficient (Wildman–Crippen LogP) is 2.43. The second-order valence-electron chi connectivity index (χ2n) is 3.32. The third kappa shape index (κ3) is 2.93. The average molecular weight is 279 g/mol. The van der Waals surface area contributed by atoms with Crippen molar-refractivity contribution in [2.45, 2.75) is 6.54 Å². The van der Waals surface area contributed by atoms with Crippen LogP contribution in [0.15, 0.2) is 41.1 Å². The van der Waals surface area contributed by atoms with Crippen LogP contribution in [-0.2, 0) is 6.54 Å². The Bertz CT molecular complexity index is 407. The summed E-state index contributed by atoms with van der Waals surface area (Å²) in [6.07, 6.45) is 3.16. The number of nitrogens with two attached hydrogens (primary N) is 1. The Morgan fingerprint density at radius 2 is 1.75 bits per heavy atom. The number of rotatable bonds is 3. The van der Waals surface area contributed by atoms with E-state index in [-0.39, 0.29) is 0 Å². The molecular weight excluding hydrogens is 268 g/mol. The van der Waals surface area contributed by atoms with E-state index in [1.165, 1.54) is 5.56 Å². The van der Waals surface area contributed by atoms with Crippen molar-refractivity contribution in [3.63, 3.8) is 0 Å². The number of aromatic nitrogens is 2. The second-order valence-corrected chi connectivity index (χ2v) is 4.24. The zero-order chi connectivity index (χ0) is 11.4. The van der Waals surface area contributed by atoms with Crippen LogP contribution in [-0.4, -0.2) is 9.97 Å². The Hall–Kier alpha value is -1.62. The molecule has 2 rings (SSSR count). The lowest BCUT2D eigenvalue weighted by molar-refractivity contribution is 1.06. The van der Waals surface area contributed by atoms with Gasteiger partial charge in [-0.2, -0.15) is 0 Å². The Morgan fingerprint density at radius 1 is 1.12 bits per heavy atom. The topological polar surface area (TPSA) is 63.8 Å². The van der Waals surface area contributed by atoms with E-state index in [4.69, 9.17) is 5.73 Å². The first-order valence-electron chi connectivity index (χ1n) is 4.80. The fourth-order valence-electron chi connectivity index (χ4n) is 1.21. The molecule has 0 spiro atoms. The van der Waals surface area contributed by atoms with Crippen LogP contribution in [0.2, 0.25) is 0 Å². The van der Waals surface area contributed by atoms with Crippen LogP contribution in [0.25, 0.3) is 0 Å². The van der Waals surface area contributed by atoms with Gasteiger partial charge in [0.25, 0.3) is 0 Å². The molecule has 0 bridgehead atoms. The van der Waals surface area contributed by atoms with Gasteiger partial charge >= 0.3 is 0 Å². The average Bonchev–Trinajstić information content (AvgIpc) is 2.30. The monoisotopic (exact) mass is 278 g/mol. The highest BCUT2D eigenvalue weighted by Crippen LogP contribution is 2.11. The molecule has 0 radical (unpaired) electrons. The summed E-state index contributed by atoms with van der Waals surface area (Å²) in [5, 5.41) is 3.11. The molecule has 1 aromatic carbocycles. The predicted molar refractivity (Wildman–Crippen MR) is 67.9 cm³/mol. The molecule has 82 valence electrons. The van der Waals surface area contributed by atoms with Crippen LogP contribution in [0.3, 0.4) is 0 Å². The van der Waals surface area contributed by atoms with Gasteiger partial charge in [0, 0.05) is 11.0 Å². The summed E-state index contributed by atoms with van der Waals surface area (Å²) in [4.78, 5) is 8.11. The highest BCUT2D eigenvalue weighted by Gasteiger charge is 1.96. The molecule has 3 N–H and O–H groups in total. The van der Waals surface area contributed by atoms with E-state index in [9.17, 15) is 0 Å². The number of halogens is 1. The highest BCUT2D eigenvalue weighted by molar-refractivity contribution is 9.10. The standard InChI is InChI=1S/C11H11BrN4/c12-9-3-1-8(2-4-9)5-14-11-15-6-10(13)7-16-11/h1-4,6-7H,5,13H2,(H,14,15,16). The van der Waals surface area contributed by atoms with Crippen LogP contribution < -0.4 is 11.1 Å². The summed E-state index contributed by atoms with van der Waals surface area (Å²) in [6.45, 7) is 0.692. The van der Waals surface area contributed by atoms with Gasteiger partial charge in [-0.15, -0.1) is 0 Å². The molecule has 16 heavy (non-hydrogen) atoms. The lowest BCUT2D eigenvalue weighted by Crippen LogP contribution is -2.03. The molecule has 0 fully saturated rings. The van der Waals surface area contributed by atoms with Gasteiger partial charge in [-0.1, -0.05) is 28.1 Å². The maximum absolute atomic E-state index is 5.49. The number of benzene rings is 1. The smallest absolute Gasteiger partial charge is 0.222 e. The van der Waals surface area contributed by atoms with Crippen molar-refractivity contribution >= 4 is 27.6 Å². The third-order valence-electron chi connectivity index (χ3n) is 2.04. The van der Waals surface area contributed by atoms with Crippen molar-refractivity contribution in [3.05, 3.63) is 46.7 Å². The summed E-state index contributed by atoms with van der Waals surface area (Å²) >= 11 is 3.39. The van der Waals surface area contributed by atoms with E-state index in [2.05, 4.69) is 31.2 Å². The maximum atomic E-state index is 5.49. The summed E-state index contributed by atoms with van der Waals surface area (Å²) in [7, 11) is 0. The zero-order valence-electron chi connectivity index (χ0n) is 8.52. The lowest BCUT2D eigenvalue weighted by atomic mass is 10.2. The van der Waals surface area contributed by atoms with Crippen LogP contribution in [0, 0.1) is 0 Å². The van der Waals surface area contributed by atoms with Gasteiger partial charge in [0.15, 0.2) is 0 Å². The first-order valence-corrected chi connectivity index (χ1v) is 5.59. The first kappa shape index (κ1) is 10.9. The Kier molecular flexibility index (Phi) is 3.36. The summed E-state index contributed by atoms with van der Waals surface area (Å²) in [5.74, 6) is 0.581. The van der Waals surface area contributed by atoms with E-state index in [1.807, 2.05) is 24.3 Å². The van der Waals surface area contributed by atoms with E-state index in [0.29, 0.717) is 18.2 Å². The number of nitrogen functional groups attached to an aromatic ring is 1. The maximum Gasteiger partial charge on any atom is 0.222 e. The largest absolute Gasteiger partial charge is 0.396 e. The Labute approximate surface area is 102 Å². The van der Waals surface area contributed by atoms with E-state index >= 15 is 0 Å². The Balaban J connectivity index is 1.97. The normalized spacial score (nSPS) is 10.1. The number of hydrogen-bond acceptors (Lipinski definition) is 4. The van der Waals surface area contributed by atoms with Crippen molar-refractivity contribution in [1.29, 1.82) is 0 Å². The summed E-state index contributed by atoms with van der Waals surface area (Å²) < 4.78 is 1.07. The van der Waals surface area contributed by atoms with Gasteiger partial charge in [-0.25, -0.2) is 9.97 Å². The van der Waals surface area contributed by atoms with Crippen molar-refractivity contribution in [1.82, 2.24) is 9.97 Å². The molecule has 0 saturated carbocycles. The fraction of sp³-hybridized carbons (Fsp3) is 0.0909. The molecule has 5 heteroatoms. The molecule has 1 aromatic heterocycles. The van der Waals surface area contributed by atoms with E-state index in [1.54, 1.807) is 12.4 Å². The minimum atomic E-state index is 0.564. The molecule has 0 unspecified atom stereocenters. The number of hydrogen-bond donors (Lipinski definition) is 2. The van der Waals surface area contributed by atoms with Crippen molar-refractivity contribution in [3.8, 4) is 0 Å². The lowest BCUT2D eigenvalue weighted by Gasteiger charge is -2.04. The summed E-state index contributed by atoms with van der Waals surface area (Å²) in [5.41, 5.74) is 7.23. The number of nitrogens with zero attached hydrogens (tertiary/aromatic N) is 2. The third-order valence-corrected chi connectivity index (χ3v) is 2.56. The molecule has 0 aliphatic rings. The van der Waals surface area contributed by atoms with Crippen molar-refractivity contribution in [2.24, 2.45) is 0 Å². The van der Waals surface area contributed by atoms with Gasteiger partial charge in [0.2, 0.25) is 5.95 Å². The quantitative estimate of drug-likeness (QED) is 0.905. The minimum Gasteiger partial charge on any atom is -0.396 e. The SMILES string of the molecule is Nc1cnc(NCc2ccc(Br)cc2)nc1. The van der Waals surface area contributed by atoms with Crippen LogP contribution in [0.4, 0.5) is 11.6 Å². The van der Waals surface area contributed by atoms with Crippen LogP contribution >= 0.6 is 15.9 Å². The first-order chi connectivity index (χ1) is 7.74. The van der Waals surface area contributed by atoms with E-state index in [0.717, 1.165) is 4.47 Å². The molecule has 0 aliphatic heterocycles. The molecule has 2 aromatic rings. The molecule has 0 aliphatic carbocycles. The molecule has 0 atom stereocenters. The molecular formula is C11H11BrN4. The van der Waals surface area contributed by atoms with Crippen molar-refractivity contribution in [2.75, 3.05) is 11.1 Å². The van der Waals surface area contributed by atoms with Gasteiger partial charge in [0.1, 0.15) is 0 Å². The fourth-order valence-corrected chi connectivity index (χ4v) is 1.48. The van der Waals surface area contributed by atoms with Gasteiger partial charge in [-0.05, 0) is 17.7 Å². The molecule has 4 nitrogen and oxygen atoms in total. The van der Waals surface area contributed by atoms with Crippen molar-refractivity contribution < 1.29 is 0 Å². The van der Waals surface area contributed by atoms with Gasteiger partial charge in [-0.3, -0.25) is 0 Å². The minimum absolute atomic E-state index is 0.564. The molecule has 0 amide bonds. The molecule has 1 heterocycles. The number of nitrogens with one attached hydrogen (secondary N) is 1. The van der Waals surface area contributed by atoms with Gasteiger partial charge < -0.3 is 11.1 Å². The van der Waals surface area contributed by atoms with Crippen LogP contribution in [0.1, 0.15) is 5.56 Å². The van der Waals surface area contributed by atoms with E-state index < -0.39 is 0 Å². The second kappa shape index (κ2) is 4.94. The summed E-state index contributed by atoms with van der Waals surface area (Å²) in [6, 6.07) is 8.07. The zero-order valence-corrected chi connectivity index (χ0v) is 10.1. The Morgan fingerprint density at radius 3 is 2.38 bits per heavy atom. The molecule has 0 saturated heterocycles. The van der Waals surface area contributed by atoms with Gasteiger partial charge in [0.05, 0.1) is 18.1 Å². The van der Waals surface area contributed by atoms with Crippen LogP contribution in [0.5, 0.6) is 0 Å². The number of anilines is 2. The highest BCUT2D eigenvalue weighted by atomic mass is 79.9.